The molecule has 0 unspecified atom stereocenters. The smallest absolute Gasteiger partial charge is 0.416 e. The minimum absolute atomic E-state index is 0.0109. The lowest BCUT2D eigenvalue weighted by Crippen LogP contribution is -2.39. The van der Waals surface area contributed by atoms with Crippen LogP contribution in [0.5, 0.6) is 0 Å². The number of rotatable bonds is 4. The molecule has 1 aliphatic carbocycles. The van der Waals surface area contributed by atoms with Crippen molar-refractivity contribution in [3.05, 3.63) is 35.4 Å². The fourth-order valence-corrected chi connectivity index (χ4v) is 2.76. The van der Waals surface area contributed by atoms with Gasteiger partial charge in [0.15, 0.2) is 0 Å². The van der Waals surface area contributed by atoms with Gasteiger partial charge in [-0.3, -0.25) is 9.59 Å². The molecular weight excluding hydrogens is 311 g/mol. The van der Waals surface area contributed by atoms with Crippen LogP contribution in [0.1, 0.15) is 36.8 Å². The first kappa shape index (κ1) is 17.3. The maximum atomic E-state index is 12.5. The first-order valence-electron chi connectivity index (χ1n) is 7.44. The highest BCUT2D eigenvalue weighted by Crippen LogP contribution is 2.29. The molecule has 23 heavy (non-hydrogen) atoms. The van der Waals surface area contributed by atoms with Crippen molar-refractivity contribution in [2.24, 2.45) is 5.92 Å². The molecule has 0 aliphatic heterocycles. The highest BCUT2D eigenvalue weighted by Gasteiger charge is 2.30. The highest BCUT2D eigenvalue weighted by molar-refractivity contribution is 5.79. The fourth-order valence-electron chi connectivity index (χ4n) is 2.76. The van der Waals surface area contributed by atoms with Gasteiger partial charge in [-0.05, 0) is 43.4 Å². The number of alkyl halides is 3. The van der Waals surface area contributed by atoms with Gasteiger partial charge in [-0.15, -0.1) is 0 Å². The molecule has 0 aromatic heterocycles. The molecule has 0 atom stereocenters. The molecule has 2 rings (SSSR count). The molecule has 1 amide bonds. The van der Waals surface area contributed by atoms with E-state index in [1.807, 2.05) is 0 Å². The van der Waals surface area contributed by atoms with Crippen LogP contribution in [0.15, 0.2) is 24.3 Å². The zero-order valence-corrected chi connectivity index (χ0v) is 12.4. The summed E-state index contributed by atoms with van der Waals surface area (Å²) < 4.78 is 37.4. The molecule has 4 nitrogen and oxygen atoms in total. The summed E-state index contributed by atoms with van der Waals surface area (Å²) in [4.78, 5) is 22.8. The standard InChI is InChI=1S/C16H18F3NO3/c17-16(18,19)12-5-1-10(2-6-12)9-14(21)20-13-7-3-11(4-8-13)15(22)23/h1-2,5-6,11,13H,3-4,7-9H2,(H,20,21)(H,22,23). The summed E-state index contributed by atoms with van der Waals surface area (Å²) in [5, 5.41) is 11.7. The van der Waals surface area contributed by atoms with Gasteiger partial charge in [0, 0.05) is 6.04 Å². The summed E-state index contributed by atoms with van der Waals surface area (Å²) in [5.74, 6) is -1.42. The number of carboxylic acid groups (broad SMARTS) is 1. The minimum Gasteiger partial charge on any atom is -0.481 e. The normalized spacial score (nSPS) is 21.7. The van der Waals surface area contributed by atoms with E-state index in [1.54, 1.807) is 0 Å². The second-order valence-corrected chi connectivity index (χ2v) is 5.83. The molecule has 0 heterocycles. The van der Waals surface area contributed by atoms with Crippen LogP contribution in [0.4, 0.5) is 13.2 Å². The lowest BCUT2D eigenvalue weighted by Gasteiger charge is -2.26. The molecule has 0 bridgehead atoms. The zero-order valence-electron chi connectivity index (χ0n) is 12.4. The fraction of sp³-hybridized carbons (Fsp3) is 0.500. The highest BCUT2D eigenvalue weighted by atomic mass is 19.4. The quantitative estimate of drug-likeness (QED) is 0.892. The van der Waals surface area contributed by atoms with Crippen molar-refractivity contribution in [3.63, 3.8) is 0 Å². The Kier molecular flexibility index (Phi) is 5.28. The third kappa shape index (κ3) is 4.97. The SMILES string of the molecule is O=C(Cc1ccc(C(F)(F)F)cc1)NC1CCC(C(=O)O)CC1. The van der Waals surface area contributed by atoms with E-state index >= 15 is 0 Å². The van der Waals surface area contributed by atoms with Crippen LogP contribution < -0.4 is 5.32 Å². The predicted octanol–water partition coefficient (Wildman–Crippen LogP) is 3.01. The van der Waals surface area contributed by atoms with Crippen LogP contribution in [-0.4, -0.2) is 23.0 Å². The van der Waals surface area contributed by atoms with Gasteiger partial charge in [0.1, 0.15) is 0 Å². The Morgan fingerprint density at radius 2 is 1.65 bits per heavy atom. The molecule has 0 radical (unpaired) electrons. The molecule has 1 saturated carbocycles. The molecule has 1 aliphatic rings. The largest absolute Gasteiger partial charge is 0.481 e. The number of hydrogen-bond acceptors (Lipinski definition) is 2. The van der Waals surface area contributed by atoms with E-state index in [4.69, 9.17) is 5.11 Å². The van der Waals surface area contributed by atoms with E-state index in [9.17, 15) is 22.8 Å². The summed E-state index contributed by atoms with van der Waals surface area (Å²) >= 11 is 0. The average Bonchev–Trinajstić information content (AvgIpc) is 2.47. The van der Waals surface area contributed by atoms with Gasteiger partial charge in [0.25, 0.3) is 0 Å². The maximum absolute atomic E-state index is 12.5. The molecule has 2 N–H and O–H groups in total. The van der Waals surface area contributed by atoms with Gasteiger partial charge in [-0.25, -0.2) is 0 Å². The van der Waals surface area contributed by atoms with Crippen LogP contribution in [-0.2, 0) is 22.2 Å². The van der Waals surface area contributed by atoms with E-state index in [0.717, 1.165) is 12.1 Å². The molecule has 1 aromatic carbocycles. The van der Waals surface area contributed by atoms with Crippen LogP contribution in [0.3, 0.4) is 0 Å². The van der Waals surface area contributed by atoms with Crippen molar-refractivity contribution in [2.45, 2.75) is 44.3 Å². The molecule has 1 fully saturated rings. The molecule has 126 valence electrons. The number of nitrogens with one attached hydrogen (secondary N) is 1. The van der Waals surface area contributed by atoms with E-state index in [2.05, 4.69) is 5.32 Å². The van der Waals surface area contributed by atoms with Gasteiger partial charge >= 0.3 is 12.1 Å². The summed E-state index contributed by atoms with van der Waals surface area (Å²) in [6.45, 7) is 0. The molecule has 0 spiro atoms. The maximum Gasteiger partial charge on any atom is 0.416 e. The van der Waals surface area contributed by atoms with Gasteiger partial charge in [0.05, 0.1) is 17.9 Å². The van der Waals surface area contributed by atoms with Crippen molar-refractivity contribution in [1.29, 1.82) is 0 Å². The number of aliphatic carboxylic acids is 1. The van der Waals surface area contributed by atoms with Crippen LogP contribution in [0.25, 0.3) is 0 Å². The first-order chi connectivity index (χ1) is 10.8. The van der Waals surface area contributed by atoms with E-state index in [-0.39, 0.29) is 24.3 Å². The third-order valence-electron chi connectivity index (χ3n) is 4.09. The van der Waals surface area contributed by atoms with Crippen molar-refractivity contribution in [2.75, 3.05) is 0 Å². The van der Waals surface area contributed by atoms with Crippen molar-refractivity contribution in [3.8, 4) is 0 Å². The van der Waals surface area contributed by atoms with Gasteiger partial charge in [-0.2, -0.15) is 13.2 Å². The lowest BCUT2D eigenvalue weighted by atomic mass is 9.86. The van der Waals surface area contributed by atoms with Crippen LogP contribution in [0, 0.1) is 5.92 Å². The predicted molar refractivity (Wildman–Crippen MR) is 76.7 cm³/mol. The van der Waals surface area contributed by atoms with Crippen LogP contribution >= 0.6 is 0 Å². The van der Waals surface area contributed by atoms with Gasteiger partial charge in [0.2, 0.25) is 5.91 Å². The Labute approximate surface area is 131 Å². The second kappa shape index (κ2) is 7.02. The number of benzene rings is 1. The second-order valence-electron chi connectivity index (χ2n) is 5.83. The lowest BCUT2D eigenvalue weighted by molar-refractivity contribution is -0.143. The Bertz CT molecular complexity index is 561. The van der Waals surface area contributed by atoms with Crippen LogP contribution in [0.2, 0.25) is 0 Å². The number of amides is 1. The summed E-state index contributed by atoms with van der Waals surface area (Å²) in [6, 6.07) is 4.45. The Morgan fingerprint density at radius 1 is 1.09 bits per heavy atom. The van der Waals surface area contributed by atoms with Gasteiger partial charge in [-0.1, -0.05) is 12.1 Å². The molecule has 7 heteroatoms. The Morgan fingerprint density at radius 3 is 2.13 bits per heavy atom. The first-order valence-corrected chi connectivity index (χ1v) is 7.44. The monoisotopic (exact) mass is 329 g/mol. The van der Waals surface area contributed by atoms with E-state index < -0.39 is 17.7 Å². The van der Waals surface area contributed by atoms with E-state index in [1.165, 1.54) is 12.1 Å². The summed E-state index contributed by atoms with van der Waals surface area (Å²) in [5.41, 5.74) is -0.233. The number of halogens is 3. The average molecular weight is 329 g/mol. The summed E-state index contributed by atoms with van der Waals surface area (Å²) in [7, 11) is 0. The minimum atomic E-state index is -4.39. The molecule has 0 saturated heterocycles. The van der Waals surface area contributed by atoms with Crippen molar-refractivity contribution in [1.82, 2.24) is 5.32 Å². The Balaban J connectivity index is 1.82. The number of carbonyl (C=O) groups excluding carboxylic acids is 1. The summed E-state index contributed by atoms with van der Waals surface area (Å²) in [6.07, 6.45) is -2.10. The zero-order chi connectivity index (χ0) is 17.0. The van der Waals surface area contributed by atoms with Crippen molar-refractivity contribution >= 4 is 11.9 Å². The van der Waals surface area contributed by atoms with Gasteiger partial charge < -0.3 is 10.4 Å². The molecular formula is C16H18F3NO3. The Hall–Kier alpha value is -2.05. The number of hydrogen-bond donors (Lipinski definition) is 2. The topological polar surface area (TPSA) is 66.4 Å². The number of carbonyl (C=O) groups is 2. The van der Waals surface area contributed by atoms with E-state index in [0.29, 0.717) is 31.2 Å². The third-order valence-corrected chi connectivity index (χ3v) is 4.09. The van der Waals surface area contributed by atoms with Crippen molar-refractivity contribution < 1.29 is 27.9 Å². The molecule has 1 aromatic rings. The number of carboxylic acids is 1.